The van der Waals surface area contributed by atoms with E-state index in [-0.39, 0.29) is 23.9 Å². The number of hydrogen-bond acceptors (Lipinski definition) is 2. The van der Waals surface area contributed by atoms with Crippen LogP contribution in [-0.4, -0.2) is 29.9 Å². The van der Waals surface area contributed by atoms with Gasteiger partial charge in [0, 0.05) is 24.7 Å². The van der Waals surface area contributed by atoms with E-state index in [2.05, 4.69) is 6.92 Å². The highest BCUT2D eigenvalue weighted by atomic mass is 19.2. The van der Waals surface area contributed by atoms with E-state index in [1.165, 1.54) is 12.1 Å². The molecule has 2 N–H and O–H groups in total. The predicted molar refractivity (Wildman–Crippen MR) is 73.0 cm³/mol. The summed E-state index contributed by atoms with van der Waals surface area (Å²) in [5.41, 5.74) is 5.81. The van der Waals surface area contributed by atoms with Crippen LogP contribution in [0, 0.1) is 17.6 Å². The second kappa shape index (κ2) is 6.31. The number of nitrogens with two attached hydrogens (primary N) is 1. The molecule has 1 fully saturated rings. The van der Waals surface area contributed by atoms with Gasteiger partial charge in [-0.3, -0.25) is 4.79 Å². The van der Waals surface area contributed by atoms with Crippen molar-refractivity contribution in [1.82, 2.24) is 4.90 Å². The zero-order chi connectivity index (χ0) is 14.7. The summed E-state index contributed by atoms with van der Waals surface area (Å²) in [4.78, 5) is 14.0. The van der Waals surface area contributed by atoms with Crippen molar-refractivity contribution in [2.45, 2.75) is 32.2 Å². The summed E-state index contributed by atoms with van der Waals surface area (Å²) in [5, 5.41) is 0. The first-order valence-electron chi connectivity index (χ1n) is 6.95. The molecule has 1 amide bonds. The van der Waals surface area contributed by atoms with Gasteiger partial charge in [-0.05, 0) is 24.8 Å². The highest BCUT2D eigenvalue weighted by molar-refractivity contribution is 5.79. The maximum Gasteiger partial charge on any atom is 0.227 e. The third kappa shape index (κ3) is 3.15. The number of rotatable bonds is 3. The van der Waals surface area contributed by atoms with Crippen LogP contribution in [0.4, 0.5) is 8.78 Å². The minimum absolute atomic E-state index is 0.00266. The van der Waals surface area contributed by atoms with Crippen molar-refractivity contribution in [2.24, 2.45) is 11.7 Å². The molecule has 0 radical (unpaired) electrons. The van der Waals surface area contributed by atoms with E-state index in [0.717, 1.165) is 18.9 Å². The van der Waals surface area contributed by atoms with Crippen LogP contribution in [0.2, 0.25) is 0 Å². The molecule has 0 bridgehead atoms. The van der Waals surface area contributed by atoms with Crippen molar-refractivity contribution >= 4 is 5.91 Å². The lowest BCUT2D eigenvalue weighted by Gasteiger charge is -2.38. The SMILES string of the molecule is CC1CCN(C(=O)Cc2cccc(F)c2F)C(CN)C1. The number of piperidine rings is 1. The van der Waals surface area contributed by atoms with Gasteiger partial charge < -0.3 is 10.6 Å². The first kappa shape index (κ1) is 14.9. The lowest BCUT2D eigenvalue weighted by molar-refractivity contribution is -0.134. The van der Waals surface area contributed by atoms with Crippen LogP contribution in [-0.2, 0) is 11.2 Å². The Morgan fingerprint density at radius 2 is 2.20 bits per heavy atom. The number of likely N-dealkylation sites (tertiary alicyclic amines) is 1. The molecule has 1 heterocycles. The normalized spacial score (nSPS) is 22.9. The molecule has 0 aromatic heterocycles. The molecule has 2 rings (SSSR count). The number of carbonyl (C=O) groups is 1. The van der Waals surface area contributed by atoms with Gasteiger partial charge in [0.15, 0.2) is 11.6 Å². The molecule has 0 saturated carbocycles. The Hall–Kier alpha value is -1.49. The second-order valence-electron chi connectivity index (χ2n) is 5.50. The summed E-state index contributed by atoms with van der Waals surface area (Å²) >= 11 is 0. The average Bonchev–Trinajstić information content (AvgIpc) is 2.43. The summed E-state index contributed by atoms with van der Waals surface area (Å²) in [6.07, 6.45) is 1.68. The Bertz CT molecular complexity index is 493. The Labute approximate surface area is 117 Å². The first-order chi connectivity index (χ1) is 9.52. The van der Waals surface area contributed by atoms with Crippen LogP contribution in [0.5, 0.6) is 0 Å². The molecule has 110 valence electrons. The van der Waals surface area contributed by atoms with Crippen molar-refractivity contribution in [2.75, 3.05) is 13.1 Å². The molecule has 1 saturated heterocycles. The molecule has 5 heteroatoms. The molecule has 1 aliphatic rings. The summed E-state index contributed by atoms with van der Waals surface area (Å²) in [6.45, 7) is 3.18. The number of nitrogens with zero attached hydrogens (tertiary/aromatic N) is 1. The largest absolute Gasteiger partial charge is 0.338 e. The van der Waals surface area contributed by atoms with Crippen LogP contribution in [0.3, 0.4) is 0 Å². The molecule has 1 aromatic rings. The van der Waals surface area contributed by atoms with Crippen molar-refractivity contribution < 1.29 is 13.6 Å². The fourth-order valence-corrected chi connectivity index (χ4v) is 2.75. The van der Waals surface area contributed by atoms with Gasteiger partial charge in [0.05, 0.1) is 6.42 Å². The third-order valence-electron chi connectivity index (χ3n) is 3.94. The van der Waals surface area contributed by atoms with Crippen LogP contribution in [0.1, 0.15) is 25.3 Å². The molecule has 3 nitrogen and oxygen atoms in total. The Balaban J connectivity index is 2.09. The fraction of sp³-hybridized carbons (Fsp3) is 0.533. The third-order valence-corrected chi connectivity index (χ3v) is 3.94. The molecular formula is C15H20F2N2O. The quantitative estimate of drug-likeness (QED) is 0.922. The van der Waals surface area contributed by atoms with Crippen molar-refractivity contribution in [3.63, 3.8) is 0 Å². The molecule has 20 heavy (non-hydrogen) atoms. The summed E-state index contributed by atoms with van der Waals surface area (Å²) in [6, 6.07) is 3.91. The summed E-state index contributed by atoms with van der Waals surface area (Å²) in [7, 11) is 0. The summed E-state index contributed by atoms with van der Waals surface area (Å²) < 4.78 is 26.7. The maximum absolute atomic E-state index is 13.6. The number of hydrogen-bond donors (Lipinski definition) is 1. The number of carbonyl (C=O) groups excluding carboxylic acids is 1. The van der Waals surface area contributed by atoms with Gasteiger partial charge in [0.1, 0.15) is 0 Å². The topological polar surface area (TPSA) is 46.3 Å². The predicted octanol–water partition coefficient (Wildman–Crippen LogP) is 2.09. The van der Waals surface area contributed by atoms with E-state index >= 15 is 0 Å². The smallest absolute Gasteiger partial charge is 0.227 e. The van der Waals surface area contributed by atoms with Crippen LogP contribution < -0.4 is 5.73 Å². The second-order valence-corrected chi connectivity index (χ2v) is 5.50. The Morgan fingerprint density at radius 3 is 2.90 bits per heavy atom. The number of benzene rings is 1. The molecular weight excluding hydrogens is 262 g/mol. The highest BCUT2D eigenvalue weighted by Crippen LogP contribution is 2.23. The molecule has 0 aliphatic carbocycles. The maximum atomic E-state index is 13.6. The standard InChI is InChI=1S/C15H20F2N2O/c1-10-5-6-19(12(7-10)9-18)14(20)8-11-3-2-4-13(16)15(11)17/h2-4,10,12H,5-9,18H2,1H3. The lowest BCUT2D eigenvalue weighted by atomic mass is 9.92. The monoisotopic (exact) mass is 282 g/mol. The molecule has 0 spiro atoms. The van der Waals surface area contributed by atoms with Gasteiger partial charge in [-0.25, -0.2) is 8.78 Å². The zero-order valence-electron chi connectivity index (χ0n) is 11.6. The van der Waals surface area contributed by atoms with Gasteiger partial charge in [-0.1, -0.05) is 19.1 Å². The highest BCUT2D eigenvalue weighted by Gasteiger charge is 2.29. The molecule has 2 atom stereocenters. The van der Waals surface area contributed by atoms with Gasteiger partial charge in [-0.2, -0.15) is 0 Å². The van der Waals surface area contributed by atoms with E-state index in [0.29, 0.717) is 19.0 Å². The Kier molecular flexibility index (Phi) is 4.70. The van der Waals surface area contributed by atoms with Crippen LogP contribution in [0.15, 0.2) is 18.2 Å². The van der Waals surface area contributed by atoms with E-state index in [1.807, 2.05) is 0 Å². The summed E-state index contributed by atoms with van der Waals surface area (Å²) in [5.74, 6) is -1.50. The molecule has 1 aromatic carbocycles. The average molecular weight is 282 g/mol. The van der Waals surface area contributed by atoms with E-state index < -0.39 is 11.6 Å². The van der Waals surface area contributed by atoms with Crippen molar-refractivity contribution in [3.05, 3.63) is 35.4 Å². The van der Waals surface area contributed by atoms with Crippen molar-refractivity contribution in [3.8, 4) is 0 Å². The van der Waals surface area contributed by atoms with Crippen LogP contribution >= 0.6 is 0 Å². The molecule has 2 unspecified atom stereocenters. The van der Waals surface area contributed by atoms with Gasteiger partial charge in [-0.15, -0.1) is 0 Å². The van der Waals surface area contributed by atoms with Crippen LogP contribution in [0.25, 0.3) is 0 Å². The minimum Gasteiger partial charge on any atom is -0.338 e. The van der Waals surface area contributed by atoms with E-state index in [9.17, 15) is 13.6 Å². The lowest BCUT2D eigenvalue weighted by Crippen LogP contribution is -2.49. The van der Waals surface area contributed by atoms with Gasteiger partial charge in [0.25, 0.3) is 0 Å². The first-order valence-corrected chi connectivity index (χ1v) is 6.95. The van der Waals surface area contributed by atoms with E-state index in [1.54, 1.807) is 4.90 Å². The number of halogens is 2. The molecule has 1 aliphatic heterocycles. The zero-order valence-corrected chi connectivity index (χ0v) is 11.6. The van der Waals surface area contributed by atoms with Gasteiger partial charge in [0.2, 0.25) is 5.91 Å². The van der Waals surface area contributed by atoms with Crippen molar-refractivity contribution in [1.29, 1.82) is 0 Å². The minimum atomic E-state index is -0.935. The van der Waals surface area contributed by atoms with E-state index in [4.69, 9.17) is 5.73 Å². The number of amides is 1. The Morgan fingerprint density at radius 1 is 1.45 bits per heavy atom. The van der Waals surface area contributed by atoms with Gasteiger partial charge >= 0.3 is 0 Å². The fourth-order valence-electron chi connectivity index (χ4n) is 2.75.